The van der Waals surface area contributed by atoms with Gasteiger partial charge in [-0.25, -0.2) is 5.43 Å². The summed E-state index contributed by atoms with van der Waals surface area (Å²) >= 11 is 3.37. The highest BCUT2D eigenvalue weighted by atomic mass is 79.9. The van der Waals surface area contributed by atoms with Crippen LogP contribution in [0.5, 0.6) is 5.75 Å². The van der Waals surface area contributed by atoms with Crippen molar-refractivity contribution >= 4 is 27.5 Å². The number of carbonyl (C=O) groups is 1. The zero-order valence-electron chi connectivity index (χ0n) is 11.8. The van der Waals surface area contributed by atoms with Gasteiger partial charge >= 0.3 is 0 Å². The van der Waals surface area contributed by atoms with Gasteiger partial charge in [0, 0.05) is 11.3 Å². The minimum atomic E-state index is -0.195. The topological polar surface area (TPSA) is 50.7 Å². The lowest BCUT2D eigenvalue weighted by Gasteiger charge is -2.18. The van der Waals surface area contributed by atoms with Crippen LogP contribution >= 0.6 is 15.9 Å². The summed E-state index contributed by atoms with van der Waals surface area (Å²) in [5.74, 6) is 1.17. The number of halogens is 1. The lowest BCUT2D eigenvalue weighted by atomic mass is 9.89. The molecule has 0 saturated heterocycles. The van der Waals surface area contributed by atoms with Crippen molar-refractivity contribution in [1.29, 1.82) is 0 Å². The Hall–Kier alpha value is -1.36. The number of nitrogens with one attached hydrogen (secondary N) is 1. The fourth-order valence-corrected chi connectivity index (χ4v) is 2.91. The standard InChI is InChI=1S/C15H19BrN2O2/c1-10-4-3-5-12(8-10)17-18-15(19)11-6-7-14(20-2)13(16)9-11/h6-7,9-10H,3-5,8H2,1-2H3,(H,18,19)/b17-12+. The van der Waals surface area contributed by atoms with Gasteiger partial charge in [-0.2, -0.15) is 5.10 Å². The molecule has 0 bridgehead atoms. The van der Waals surface area contributed by atoms with Gasteiger partial charge < -0.3 is 4.74 Å². The highest BCUT2D eigenvalue weighted by Crippen LogP contribution is 2.25. The van der Waals surface area contributed by atoms with Crippen molar-refractivity contribution in [3.8, 4) is 5.75 Å². The predicted molar refractivity (Wildman–Crippen MR) is 83.2 cm³/mol. The Kier molecular flexibility index (Phi) is 5.17. The van der Waals surface area contributed by atoms with Gasteiger partial charge in [-0.1, -0.05) is 6.92 Å². The summed E-state index contributed by atoms with van der Waals surface area (Å²) in [5.41, 5.74) is 4.29. The van der Waals surface area contributed by atoms with Crippen LogP contribution < -0.4 is 10.2 Å². The minimum absolute atomic E-state index is 0.195. The Labute approximate surface area is 127 Å². The largest absolute Gasteiger partial charge is 0.496 e. The number of amides is 1. The molecule has 5 heteroatoms. The molecule has 1 aromatic carbocycles. The van der Waals surface area contributed by atoms with Crippen molar-refractivity contribution in [2.24, 2.45) is 11.0 Å². The molecule has 0 aromatic heterocycles. The molecule has 108 valence electrons. The number of methoxy groups -OCH3 is 1. The summed E-state index contributed by atoms with van der Waals surface area (Å²) in [6.45, 7) is 2.22. The second kappa shape index (κ2) is 6.88. The number of benzene rings is 1. The van der Waals surface area contributed by atoms with Crippen molar-refractivity contribution in [3.05, 3.63) is 28.2 Å². The Balaban J connectivity index is 2.01. The number of ether oxygens (including phenoxy) is 1. The summed E-state index contributed by atoms with van der Waals surface area (Å²) in [6, 6.07) is 5.22. The molecule has 0 radical (unpaired) electrons. The van der Waals surface area contributed by atoms with Crippen LogP contribution in [0.2, 0.25) is 0 Å². The molecular weight excluding hydrogens is 320 g/mol. The van der Waals surface area contributed by atoms with E-state index in [1.807, 2.05) is 0 Å². The smallest absolute Gasteiger partial charge is 0.271 e. The van der Waals surface area contributed by atoms with E-state index in [0.717, 1.165) is 29.4 Å². The molecule has 0 aliphatic heterocycles. The van der Waals surface area contributed by atoms with Gasteiger partial charge in [0.15, 0.2) is 0 Å². The average Bonchev–Trinajstić information content (AvgIpc) is 2.44. The van der Waals surface area contributed by atoms with Gasteiger partial charge in [0.1, 0.15) is 5.75 Å². The number of nitrogens with zero attached hydrogens (tertiary/aromatic N) is 1. The zero-order chi connectivity index (χ0) is 14.5. The molecule has 1 aliphatic carbocycles. The van der Waals surface area contributed by atoms with Crippen molar-refractivity contribution in [1.82, 2.24) is 5.43 Å². The average molecular weight is 339 g/mol. The second-order valence-corrected chi connectivity index (χ2v) is 6.02. The lowest BCUT2D eigenvalue weighted by Crippen LogP contribution is -2.22. The van der Waals surface area contributed by atoms with E-state index in [-0.39, 0.29) is 5.91 Å². The predicted octanol–water partition coefficient (Wildman–Crippen LogP) is 3.75. The zero-order valence-corrected chi connectivity index (χ0v) is 13.4. The van der Waals surface area contributed by atoms with Crippen LogP contribution in [-0.4, -0.2) is 18.7 Å². The summed E-state index contributed by atoms with van der Waals surface area (Å²) in [4.78, 5) is 12.0. The van der Waals surface area contributed by atoms with Gasteiger partial charge in [-0.05, 0) is 65.7 Å². The van der Waals surface area contributed by atoms with Crippen molar-refractivity contribution < 1.29 is 9.53 Å². The maximum absolute atomic E-state index is 12.0. The minimum Gasteiger partial charge on any atom is -0.496 e. The number of hydrazone groups is 1. The fourth-order valence-electron chi connectivity index (χ4n) is 2.36. The van der Waals surface area contributed by atoms with E-state index < -0.39 is 0 Å². The number of hydrogen-bond acceptors (Lipinski definition) is 3. The first-order valence-electron chi connectivity index (χ1n) is 6.79. The fraction of sp³-hybridized carbons (Fsp3) is 0.467. The van der Waals surface area contributed by atoms with Gasteiger partial charge in [-0.3, -0.25) is 4.79 Å². The van der Waals surface area contributed by atoms with E-state index in [1.165, 1.54) is 6.42 Å². The summed E-state index contributed by atoms with van der Waals surface area (Å²) in [5, 5.41) is 4.25. The molecule has 4 nitrogen and oxygen atoms in total. The molecular formula is C15H19BrN2O2. The van der Waals surface area contributed by atoms with Gasteiger partial charge in [0.05, 0.1) is 11.6 Å². The molecule has 1 amide bonds. The first-order valence-corrected chi connectivity index (χ1v) is 7.58. The second-order valence-electron chi connectivity index (χ2n) is 5.17. The Bertz CT molecular complexity index is 529. The molecule has 0 heterocycles. The van der Waals surface area contributed by atoms with E-state index in [9.17, 15) is 4.79 Å². The third-order valence-electron chi connectivity index (χ3n) is 3.48. The maximum Gasteiger partial charge on any atom is 0.271 e. The van der Waals surface area contributed by atoms with Crippen molar-refractivity contribution in [2.45, 2.75) is 32.6 Å². The van der Waals surface area contributed by atoms with Crippen LogP contribution in [0.15, 0.2) is 27.8 Å². The molecule has 1 atom stereocenters. The molecule has 1 fully saturated rings. The third-order valence-corrected chi connectivity index (χ3v) is 4.10. The van der Waals surface area contributed by atoms with Crippen LogP contribution in [0.4, 0.5) is 0 Å². The molecule has 1 saturated carbocycles. The van der Waals surface area contributed by atoms with Gasteiger partial charge in [-0.15, -0.1) is 0 Å². The van der Waals surface area contributed by atoms with E-state index in [4.69, 9.17) is 4.74 Å². The molecule has 1 aliphatic rings. The Morgan fingerprint density at radius 1 is 1.50 bits per heavy atom. The molecule has 20 heavy (non-hydrogen) atoms. The highest BCUT2D eigenvalue weighted by Gasteiger charge is 2.14. The summed E-state index contributed by atoms with van der Waals surface area (Å²) < 4.78 is 5.90. The van der Waals surface area contributed by atoms with Crippen molar-refractivity contribution in [2.75, 3.05) is 7.11 Å². The summed E-state index contributed by atoms with van der Waals surface area (Å²) in [6.07, 6.45) is 4.37. The lowest BCUT2D eigenvalue weighted by molar-refractivity contribution is 0.0954. The van der Waals surface area contributed by atoms with Crippen LogP contribution in [-0.2, 0) is 0 Å². The normalized spacial score (nSPS) is 20.8. The van der Waals surface area contributed by atoms with Gasteiger partial charge in [0.25, 0.3) is 5.91 Å². The van der Waals surface area contributed by atoms with Crippen LogP contribution in [0.1, 0.15) is 43.0 Å². The van der Waals surface area contributed by atoms with Crippen molar-refractivity contribution in [3.63, 3.8) is 0 Å². The van der Waals surface area contributed by atoms with Crippen LogP contribution in [0, 0.1) is 5.92 Å². The molecule has 1 N–H and O–H groups in total. The van der Waals surface area contributed by atoms with Crippen LogP contribution in [0.3, 0.4) is 0 Å². The Morgan fingerprint density at radius 2 is 2.30 bits per heavy atom. The van der Waals surface area contributed by atoms with Gasteiger partial charge in [0.2, 0.25) is 0 Å². The third kappa shape index (κ3) is 3.82. The van der Waals surface area contributed by atoms with E-state index in [0.29, 0.717) is 17.2 Å². The monoisotopic (exact) mass is 338 g/mol. The molecule has 0 spiro atoms. The SMILES string of the molecule is COc1ccc(C(=O)N/N=C2\CCCC(C)C2)cc1Br. The molecule has 1 aromatic rings. The molecule has 2 rings (SSSR count). The van der Waals surface area contributed by atoms with E-state index in [2.05, 4.69) is 33.4 Å². The maximum atomic E-state index is 12.0. The quantitative estimate of drug-likeness (QED) is 0.853. The highest BCUT2D eigenvalue weighted by molar-refractivity contribution is 9.10. The number of hydrogen-bond donors (Lipinski definition) is 1. The van der Waals surface area contributed by atoms with E-state index >= 15 is 0 Å². The van der Waals surface area contributed by atoms with E-state index in [1.54, 1.807) is 25.3 Å². The first kappa shape index (κ1) is 15.0. The van der Waals surface area contributed by atoms with Crippen LogP contribution in [0.25, 0.3) is 0 Å². The molecule has 1 unspecified atom stereocenters. The first-order chi connectivity index (χ1) is 9.60. The summed E-state index contributed by atoms with van der Waals surface area (Å²) in [7, 11) is 1.59. The number of carbonyl (C=O) groups excluding carboxylic acids is 1. The Morgan fingerprint density at radius 3 is 2.95 bits per heavy atom. The number of rotatable bonds is 3.